The van der Waals surface area contributed by atoms with E-state index in [1.54, 1.807) is 25.1 Å². The van der Waals surface area contributed by atoms with Crippen LogP contribution in [0.4, 0.5) is 14.5 Å². The van der Waals surface area contributed by atoms with Crippen molar-refractivity contribution in [2.45, 2.75) is 20.0 Å². The van der Waals surface area contributed by atoms with Gasteiger partial charge in [-0.15, -0.1) is 0 Å². The summed E-state index contributed by atoms with van der Waals surface area (Å²) in [5, 5.41) is 2.55. The fraction of sp³-hybridized carbons (Fsp3) is 0.188. The highest BCUT2D eigenvalue weighted by Gasteiger charge is 2.15. The van der Waals surface area contributed by atoms with Gasteiger partial charge in [0.15, 0.2) is 6.10 Å². The summed E-state index contributed by atoms with van der Waals surface area (Å²) >= 11 is 0. The predicted molar refractivity (Wildman–Crippen MR) is 76.3 cm³/mol. The average molecular weight is 291 g/mol. The number of nitrogens with one attached hydrogen (secondary N) is 1. The number of aryl methyl sites for hydroxylation is 1. The minimum Gasteiger partial charge on any atom is -0.481 e. The molecule has 2 aromatic rings. The Morgan fingerprint density at radius 1 is 1.19 bits per heavy atom. The van der Waals surface area contributed by atoms with Gasteiger partial charge in [-0.05, 0) is 43.7 Å². The molecule has 0 aromatic heterocycles. The number of amides is 1. The van der Waals surface area contributed by atoms with Gasteiger partial charge in [-0.1, -0.05) is 12.1 Å². The monoisotopic (exact) mass is 291 g/mol. The molecule has 0 saturated heterocycles. The minimum atomic E-state index is -0.837. The maximum absolute atomic E-state index is 13.4. The van der Waals surface area contributed by atoms with Gasteiger partial charge < -0.3 is 10.1 Å². The quantitative estimate of drug-likeness (QED) is 0.933. The summed E-state index contributed by atoms with van der Waals surface area (Å²) in [7, 11) is 0. The SMILES string of the molecule is Cc1ccc(NC(=O)C(C)Oc2cccc(F)c2)cc1F. The highest BCUT2D eigenvalue weighted by molar-refractivity contribution is 5.94. The lowest BCUT2D eigenvalue weighted by Crippen LogP contribution is -2.30. The Hall–Kier alpha value is -2.43. The van der Waals surface area contributed by atoms with E-state index in [1.807, 2.05) is 0 Å². The van der Waals surface area contributed by atoms with Crippen molar-refractivity contribution in [1.29, 1.82) is 0 Å². The van der Waals surface area contributed by atoms with Crippen LogP contribution in [-0.4, -0.2) is 12.0 Å². The molecule has 0 aliphatic rings. The summed E-state index contributed by atoms with van der Waals surface area (Å²) in [5.74, 6) is -1.03. The van der Waals surface area contributed by atoms with Crippen LogP contribution >= 0.6 is 0 Å². The van der Waals surface area contributed by atoms with Crippen LogP contribution in [0.25, 0.3) is 0 Å². The molecule has 1 unspecified atom stereocenters. The van der Waals surface area contributed by atoms with Gasteiger partial charge in [0.2, 0.25) is 0 Å². The zero-order valence-electron chi connectivity index (χ0n) is 11.7. The molecule has 0 aliphatic heterocycles. The second-order valence-electron chi connectivity index (χ2n) is 4.67. The van der Waals surface area contributed by atoms with Gasteiger partial charge in [-0.25, -0.2) is 8.78 Å². The lowest BCUT2D eigenvalue weighted by molar-refractivity contribution is -0.122. The third-order valence-electron chi connectivity index (χ3n) is 2.92. The van der Waals surface area contributed by atoms with E-state index in [2.05, 4.69) is 5.32 Å². The van der Waals surface area contributed by atoms with Gasteiger partial charge in [0, 0.05) is 11.8 Å². The van der Waals surface area contributed by atoms with Crippen molar-refractivity contribution in [3.05, 3.63) is 59.7 Å². The van der Waals surface area contributed by atoms with Crippen LogP contribution in [0.5, 0.6) is 5.75 Å². The maximum Gasteiger partial charge on any atom is 0.265 e. The molecule has 21 heavy (non-hydrogen) atoms. The number of hydrogen-bond donors (Lipinski definition) is 1. The Labute approximate surface area is 121 Å². The number of hydrogen-bond acceptors (Lipinski definition) is 2. The van der Waals surface area contributed by atoms with Crippen LogP contribution in [-0.2, 0) is 4.79 Å². The Bertz CT molecular complexity index is 658. The highest BCUT2D eigenvalue weighted by Crippen LogP contribution is 2.16. The molecule has 2 aromatic carbocycles. The molecule has 0 bridgehead atoms. The van der Waals surface area contributed by atoms with E-state index in [1.165, 1.54) is 31.2 Å². The van der Waals surface area contributed by atoms with Crippen molar-refractivity contribution in [2.24, 2.45) is 0 Å². The van der Waals surface area contributed by atoms with Crippen molar-refractivity contribution in [3.8, 4) is 5.75 Å². The number of halogens is 2. The number of rotatable bonds is 4. The van der Waals surface area contributed by atoms with E-state index in [9.17, 15) is 13.6 Å². The summed E-state index contributed by atoms with van der Waals surface area (Å²) in [6, 6.07) is 9.93. The number of benzene rings is 2. The van der Waals surface area contributed by atoms with Crippen LogP contribution < -0.4 is 10.1 Å². The Morgan fingerprint density at radius 2 is 1.95 bits per heavy atom. The molecule has 2 rings (SSSR count). The topological polar surface area (TPSA) is 38.3 Å². The number of ether oxygens (including phenoxy) is 1. The molecule has 1 atom stereocenters. The molecule has 0 fully saturated rings. The molecule has 1 N–H and O–H groups in total. The predicted octanol–water partition coefficient (Wildman–Crippen LogP) is 3.68. The van der Waals surface area contributed by atoms with Crippen LogP contribution in [0, 0.1) is 18.6 Å². The van der Waals surface area contributed by atoms with Crippen LogP contribution in [0.3, 0.4) is 0 Å². The summed E-state index contributed by atoms with van der Waals surface area (Å²) < 4.78 is 31.8. The second kappa shape index (κ2) is 6.35. The standard InChI is InChI=1S/C16H15F2NO2/c1-10-6-7-13(9-15(10)18)19-16(20)11(2)21-14-5-3-4-12(17)8-14/h3-9,11H,1-2H3,(H,19,20). The van der Waals surface area contributed by atoms with Crippen molar-refractivity contribution >= 4 is 11.6 Å². The zero-order chi connectivity index (χ0) is 15.4. The maximum atomic E-state index is 13.4. The molecule has 3 nitrogen and oxygen atoms in total. The van der Waals surface area contributed by atoms with Gasteiger partial charge in [-0.2, -0.15) is 0 Å². The normalized spacial score (nSPS) is 11.8. The Kier molecular flexibility index (Phi) is 4.52. The Morgan fingerprint density at radius 3 is 2.62 bits per heavy atom. The van der Waals surface area contributed by atoms with Crippen molar-refractivity contribution in [3.63, 3.8) is 0 Å². The van der Waals surface area contributed by atoms with Gasteiger partial charge in [0.25, 0.3) is 5.91 Å². The van der Waals surface area contributed by atoms with Crippen molar-refractivity contribution in [2.75, 3.05) is 5.32 Å². The van der Waals surface area contributed by atoms with E-state index >= 15 is 0 Å². The fourth-order valence-electron chi connectivity index (χ4n) is 1.71. The second-order valence-corrected chi connectivity index (χ2v) is 4.67. The zero-order valence-corrected chi connectivity index (χ0v) is 11.7. The molecule has 0 heterocycles. The van der Waals surface area contributed by atoms with E-state index in [0.29, 0.717) is 11.3 Å². The third-order valence-corrected chi connectivity index (χ3v) is 2.92. The molecule has 0 spiro atoms. The third kappa shape index (κ3) is 4.02. The fourth-order valence-corrected chi connectivity index (χ4v) is 1.71. The van der Waals surface area contributed by atoms with Gasteiger partial charge in [-0.3, -0.25) is 4.79 Å². The molecule has 110 valence electrons. The van der Waals surface area contributed by atoms with Gasteiger partial charge in [0.05, 0.1) is 0 Å². The minimum absolute atomic E-state index is 0.257. The van der Waals surface area contributed by atoms with E-state index in [0.717, 1.165) is 0 Å². The largest absolute Gasteiger partial charge is 0.481 e. The van der Waals surface area contributed by atoms with Crippen LogP contribution in [0.15, 0.2) is 42.5 Å². The first-order chi connectivity index (χ1) is 9.95. The van der Waals surface area contributed by atoms with Gasteiger partial charge >= 0.3 is 0 Å². The van der Waals surface area contributed by atoms with E-state index in [-0.39, 0.29) is 5.75 Å². The molecule has 5 heteroatoms. The lowest BCUT2D eigenvalue weighted by atomic mass is 10.2. The van der Waals surface area contributed by atoms with Gasteiger partial charge in [0.1, 0.15) is 17.4 Å². The first-order valence-corrected chi connectivity index (χ1v) is 6.45. The number of carbonyl (C=O) groups is 1. The lowest BCUT2D eigenvalue weighted by Gasteiger charge is -2.15. The molecule has 1 amide bonds. The van der Waals surface area contributed by atoms with Crippen LogP contribution in [0.1, 0.15) is 12.5 Å². The summed E-state index contributed by atoms with van der Waals surface area (Å²) in [6.07, 6.45) is -0.837. The molecule has 0 radical (unpaired) electrons. The summed E-state index contributed by atoms with van der Waals surface area (Å²) in [4.78, 5) is 11.9. The van der Waals surface area contributed by atoms with E-state index in [4.69, 9.17) is 4.74 Å². The molecule has 0 saturated carbocycles. The first-order valence-electron chi connectivity index (χ1n) is 6.45. The number of carbonyl (C=O) groups excluding carboxylic acids is 1. The summed E-state index contributed by atoms with van der Waals surface area (Å²) in [6.45, 7) is 3.17. The molecular weight excluding hydrogens is 276 g/mol. The smallest absolute Gasteiger partial charge is 0.265 e. The number of anilines is 1. The molecular formula is C16H15F2NO2. The van der Waals surface area contributed by atoms with Crippen LogP contribution in [0.2, 0.25) is 0 Å². The van der Waals surface area contributed by atoms with Crippen molar-refractivity contribution in [1.82, 2.24) is 0 Å². The van der Waals surface area contributed by atoms with Crippen molar-refractivity contribution < 1.29 is 18.3 Å². The summed E-state index contributed by atoms with van der Waals surface area (Å²) in [5.41, 5.74) is 0.842. The van der Waals surface area contributed by atoms with E-state index < -0.39 is 23.6 Å². The highest BCUT2D eigenvalue weighted by atomic mass is 19.1. The Balaban J connectivity index is 2.00. The molecule has 0 aliphatic carbocycles. The first kappa shape index (κ1) is 15.0. The average Bonchev–Trinajstić information content (AvgIpc) is 2.43.